The van der Waals surface area contributed by atoms with Crippen LogP contribution in [-0.2, 0) is 4.57 Å². The molecule has 0 bridgehead atoms. The van der Waals surface area contributed by atoms with Gasteiger partial charge in [0.15, 0.2) is 0 Å². The Morgan fingerprint density at radius 1 is 1.18 bits per heavy atom. The minimum atomic E-state index is -3.56. The first-order chi connectivity index (χ1) is 10.5. The third-order valence-corrected chi connectivity index (χ3v) is 5.51. The summed E-state index contributed by atoms with van der Waals surface area (Å²) in [7, 11) is -3.56. The molecule has 0 amide bonds. The highest BCUT2D eigenvalue weighted by Gasteiger charge is 2.26. The van der Waals surface area contributed by atoms with Crippen molar-refractivity contribution in [1.29, 1.82) is 0 Å². The molecule has 1 saturated carbocycles. The molecule has 0 aromatic carbocycles. The van der Waals surface area contributed by atoms with Crippen molar-refractivity contribution in [2.45, 2.75) is 44.6 Å². The lowest BCUT2D eigenvalue weighted by Gasteiger charge is -2.26. The van der Waals surface area contributed by atoms with Crippen LogP contribution in [0.5, 0.6) is 0 Å². The maximum Gasteiger partial charge on any atom is 0.340 e. The Morgan fingerprint density at radius 3 is 2.09 bits per heavy atom. The van der Waals surface area contributed by atoms with Gasteiger partial charge in [-0.15, -0.1) is 23.2 Å². The molecule has 134 valence electrons. The van der Waals surface area contributed by atoms with E-state index in [-0.39, 0.29) is 24.9 Å². The Balaban J connectivity index is 0.000000518. The standard InChI is InChI=1S/C7H17Cl2N2O3P.C6H13N/c8-2-5-11(6-3-9)15(13,14)10-4-1-7-12;7-6-4-2-1-3-5-6/h12H,1-7H2,(H2,10,13,14);6H,1-5,7H2. The molecular weight excluding hydrogens is 348 g/mol. The van der Waals surface area contributed by atoms with Crippen molar-refractivity contribution in [1.82, 2.24) is 9.76 Å². The fourth-order valence-corrected chi connectivity index (χ4v) is 4.15. The van der Waals surface area contributed by atoms with E-state index in [0.717, 1.165) is 0 Å². The summed E-state index contributed by atoms with van der Waals surface area (Å²) in [5, 5.41) is 11.0. The van der Waals surface area contributed by atoms with Crippen LogP contribution in [-0.4, -0.2) is 58.7 Å². The van der Waals surface area contributed by atoms with E-state index in [1.165, 1.54) is 36.8 Å². The zero-order chi connectivity index (χ0) is 16.8. The lowest BCUT2D eigenvalue weighted by Crippen LogP contribution is -2.31. The lowest BCUT2D eigenvalue weighted by atomic mass is 9.97. The first-order valence-electron chi connectivity index (χ1n) is 7.79. The number of hydrogen-bond donors (Lipinski definition) is 4. The van der Waals surface area contributed by atoms with Crippen LogP contribution in [0.3, 0.4) is 0 Å². The molecule has 22 heavy (non-hydrogen) atoms. The summed E-state index contributed by atoms with van der Waals surface area (Å²) < 4.78 is 13.1. The van der Waals surface area contributed by atoms with Crippen LogP contribution in [0.15, 0.2) is 0 Å². The molecule has 0 aromatic rings. The predicted octanol–water partition coefficient (Wildman–Crippen LogP) is 2.12. The molecule has 0 aromatic heterocycles. The average molecular weight is 378 g/mol. The van der Waals surface area contributed by atoms with E-state index in [2.05, 4.69) is 5.09 Å². The monoisotopic (exact) mass is 377 g/mol. The summed E-state index contributed by atoms with van der Waals surface area (Å²) in [5.74, 6) is 0.534. The second-order valence-corrected chi connectivity index (χ2v) is 7.98. The largest absolute Gasteiger partial charge is 0.396 e. The summed E-state index contributed by atoms with van der Waals surface area (Å²) in [6, 6.07) is 0.536. The van der Waals surface area contributed by atoms with E-state index in [1.54, 1.807) is 0 Å². The number of aliphatic hydroxyl groups excluding tert-OH is 1. The molecule has 9 heteroatoms. The number of alkyl halides is 2. The van der Waals surface area contributed by atoms with Gasteiger partial charge in [-0.2, -0.15) is 0 Å². The van der Waals surface area contributed by atoms with E-state index in [1.807, 2.05) is 0 Å². The predicted molar refractivity (Wildman–Crippen MR) is 93.6 cm³/mol. The molecule has 1 atom stereocenters. The minimum absolute atomic E-state index is 0.0159. The lowest BCUT2D eigenvalue weighted by molar-refractivity contribution is 0.286. The molecule has 0 aliphatic heterocycles. The number of rotatable bonds is 9. The van der Waals surface area contributed by atoms with Crippen molar-refractivity contribution in [2.75, 3.05) is 38.0 Å². The SMILES string of the molecule is NC1CCCCC1.O=P(O)(NCCCO)N(CCCl)CCCl. The number of aliphatic hydroxyl groups is 1. The zero-order valence-corrected chi connectivity index (χ0v) is 15.5. The van der Waals surface area contributed by atoms with Gasteiger partial charge in [0.05, 0.1) is 0 Å². The van der Waals surface area contributed by atoms with Gasteiger partial charge in [0.1, 0.15) is 0 Å². The first kappa shape index (κ1) is 22.6. The van der Waals surface area contributed by atoms with Crippen LogP contribution in [0.4, 0.5) is 0 Å². The molecule has 1 fully saturated rings. The van der Waals surface area contributed by atoms with Crippen molar-refractivity contribution >= 4 is 30.9 Å². The van der Waals surface area contributed by atoms with Gasteiger partial charge in [-0.3, -0.25) is 4.57 Å². The molecule has 5 N–H and O–H groups in total. The van der Waals surface area contributed by atoms with E-state index in [9.17, 15) is 9.46 Å². The Kier molecular flexibility index (Phi) is 14.4. The van der Waals surface area contributed by atoms with Gasteiger partial charge in [0.2, 0.25) is 0 Å². The molecule has 0 radical (unpaired) electrons. The zero-order valence-electron chi connectivity index (χ0n) is 13.1. The van der Waals surface area contributed by atoms with Gasteiger partial charge in [0, 0.05) is 44.0 Å². The Morgan fingerprint density at radius 2 is 1.73 bits per heavy atom. The maximum absolute atomic E-state index is 11.7. The summed E-state index contributed by atoms with van der Waals surface area (Å²) in [6.45, 7) is 0.867. The molecule has 0 heterocycles. The Bertz CT molecular complexity index is 302. The third kappa shape index (κ3) is 11.2. The van der Waals surface area contributed by atoms with Crippen LogP contribution in [0, 0.1) is 0 Å². The molecule has 0 spiro atoms. The normalized spacial score (nSPS) is 18.6. The van der Waals surface area contributed by atoms with E-state index < -0.39 is 7.67 Å². The van der Waals surface area contributed by atoms with Gasteiger partial charge in [-0.25, -0.2) is 9.76 Å². The van der Waals surface area contributed by atoms with Crippen molar-refractivity contribution in [3.8, 4) is 0 Å². The smallest absolute Gasteiger partial charge is 0.340 e. The summed E-state index contributed by atoms with van der Waals surface area (Å²) in [5.41, 5.74) is 5.63. The minimum Gasteiger partial charge on any atom is -0.396 e. The summed E-state index contributed by atoms with van der Waals surface area (Å²) in [6.07, 6.45) is 7.09. The summed E-state index contributed by atoms with van der Waals surface area (Å²) >= 11 is 11.0. The highest BCUT2D eigenvalue weighted by molar-refractivity contribution is 7.53. The molecule has 0 saturated heterocycles. The van der Waals surface area contributed by atoms with Gasteiger partial charge >= 0.3 is 7.67 Å². The maximum atomic E-state index is 11.7. The molecule has 1 unspecified atom stereocenters. The summed E-state index contributed by atoms with van der Waals surface area (Å²) in [4.78, 5) is 9.63. The second kappa shape index (κ2) is 14.0. The topological polar surface area (TPSA) is 98.8 Å². The fraction of sp³-hybridized carbons (Fsp3) is 1.00. The first-order valence-corrected chi connectivity index (χ1v) is 10.5. The third-order valence-electron chi connectivity index (χ3n) is 3.37. The molecule has 1 rings (SSSR count). The molecule has 6 nitrogen and oxygen atoms in total. The Hall–Kier alpha value is 0.610. The van der Waals surface area contributed by atoms with Crippen molar-refractivity contribution in [3.05, 3.63) is 0 Å². The number of nitrogens with two attached hydrogens (primary N) is 1. The quantitative estimate of drug-likeness (QED) is 0.279. The van der Waals surface area contributed by atoms with Gasteiger partial charge in [-0.1, -0.05) is 19.3 Å². The van der Waals surface area contributed by atoms with Crippen LogP contribution in [0.25, 0.3) is 0 Å². The van der Waals surface area contributed by atoms with Crippen LogP contribution < -0.4 is 10.8 Å². The van der Waals surface area contributed by atoms with E-state index in [0.29, 0.717) is 25.6 Å². The van der Waals surface area contributed by atoms with Crippen LogP contribution in [0.2, 0.25) is 0 Å². The van der Waals surface area contributed by atoms with Crippen LogP contribution in [0.1, 0.15) is 38.5 Å². The molecule has 1 aliphatic rings. The molecule has 1 aliphatic carbocycles. The van der Waals surface area contributed by atoms with Crippen LogP contribution >= 0.6 is 30.9 Å². The van der Waals surface area contributed by atoms with Gasteiger partial charge in [-0.05, 0) is 19.3 Å². The second-order valence-electron chi connectivity index (χ2n) is 5.26. The van der Waals surface area contributed by atoms with Crippen molar-refractivity contribution < 1.29 is 14.6 Å². The van der Waals surface area contributed by atoms with Crippen molar-refractivity contribution in [3.63, 3.8) is 0 Å². The van der Waals surface area contributed by atoms with Gasteiger partial charge < -0.3 is 15.7 Å². The van der Waals surface area contributed by atoms with E-state index in [4.69, 9.17) is 34.0 Å². The average Bonchev–Trinajstić information content (AvgIpc) is 2.48. The van der Waals surface area contributed by atoms with E-state index >= 15 is 0 Å². The number of nitrogens with zero attached hydrogens (tertiary/aromatic N) is 1. The number of halogens is 2. The molecular formula is C13H30Cl2N3O3P. The Labute approximate surface area is 143 Å². The van der Waals surface area contributed by atoms with Gasteiger partial charge in [0.25, 0.3) is 0 Å². The number of hydrogen-bond acceptors (Lipinski definition) is 3. The highest BCUT2D eigenvalue weighted by atomic mass is 35.5. The highest BCUT2D eigenvalue weighted by Crippen LogP contribution is 2.39. The van der Waals surface area contributed by atoms with Crippen molar-refractivity contribution in [2.24, 2.45) is 5.73 Å². The number of nitrogens with one attached hydrogen (secondary N) is 1. The fourth-order valence-electron chi connectivity index (χ4n) is 2.12.